The largest absolute Gasteiger partial charge is 0.473 e. The molecule has 1 unspecified atom stereocenters. The summed E-state index contributed by atoms with van der Waals surface area (Å²) in [6, 6.07) is 14.9. The van der Waals surface area contributed by atoms with Crippen LogP contribution in [0.2, 0.25) is 0 Å². The van der Waals surface area contributed by atoms with Crippen molar-refractivity contribution in [2.24, 2.45) is 0 Å². The molecule has 0 aliphatic rings. The SMILES string of the molecule is CC(=O)Nc1ccc(NC(=O)C(C)NCc2ccc(C)cc2)cc1.O=C(O)C(=O)O. The fourth-order valence-electron chi connectivity index (χ4n) is 2.16. The molecule has 2 aromatic rings. The highest BCUT2D eigenvalue weighted by molar-refractivity contribution is 6.27. The Kier molecular flexibility index (Phi) is 9.71. The zero-order chi connectivity index (χ0) is 22.7. The van der Waals surface area contributed by atoms with Gasteiger partial charge in [0, 0.05) is 24.8 Å². The van der Waals surface area contributed by atoms with Gasteiger partial charge in [-0.3, -0.25) is 9.59 Å². The van der Waals surface area contributed by atoms with Crippen LogP contribution in [0, 0.1) is 6.92 Å². The molecular weight excluding hydrogens is 390 g/mol. The number of aryl methyl sites for hydroxylation is 1. The van der Waals surface area contributed by atoms with Crippen molar-refractivity contribution in [2.75, 3.05) is 10.6 Å². The molecule has 0 aliphatic heterocycles. The minimum Gasteiger partial charge on any atom is -0.473 e. The van der Waals surface area contributed by atoms with Crippen molar-refractivity contribution in [1.29, 1.82) is 0 Å². The van der Waals surface area contributed by atoms with E-state index in [9.17, 15) is 9.59 Å². The average Bonchev–Trinajstić information content (AvgIpc) is 2.68. The summed E-state index contributed by atoms with van der Waals surface area (Å²) in [5, 5.41) is 23.5. The third kappa shape index (κ3) is 9.47. The Balaban J connectivity index is 0.000000656. The first-order valence-corrected chi connectivity index (χ1v) is 9.02. The fourth-order valence-corrected chi connectivity index (χ4v) is 2.16. The van der Waals surface area contributed by atoms with Gasteiger partial charge in [0.2, 0.25) is 11.8 Å². The minimum absolute atomic E-state index is 0.102. The van der Waals surface area contributed by atoms with Crippen molar-refractivity contribution in [1.82, 2.24) is 5.32 Å². The number of anilines is 2. The number of aliphatic carboxylic acids is 2. The van der Waals surface area contributed by atoms with Crippen LogP contribution >= 0.6 is 0 Å². The van der Waals surface area contributed by atoms with E-state index in [1.54, 1.807) is 24.3 Å². The van der Waals surface area contributed by atoms with Crippen LogP contribution < -0.4 is 16.0 Å². The highest BCUT2D eigenvalue weighted by atomic mass is 16.4. The lowest BCUT2D eigenvalue weighted by Gasteiger charge is -2.14. The van der Waals surface area contributed by atoms with Crippen LogP contribution in [-0.2, 0) is 25.7 Å². The molecule has 9 heteroatoms. The van der Waals surface area contributed by atoms with Crippen LogP contribution in [0.3, 0.4) is 0 Å². The summed E-state index contributed by atoms with van der Waals surface area (Å²) in [6.45, 7) is 5.97. The zero-order valence-corrected chi connectivity index (χ0v) is 16.9. The van der Waals surface area contributed by atoms with Crippen LogP contribution in [0.1, 0.15) is 25.0 Å². The molecule has 0 fully saturated rings. The molecule has 0 spiro atoms. The zero-order valence-electron chi connectivity index (χ0n) is 16.9. The van der Waals surface area contributed by atoms with E-state index >= 15 is 0 Å². The summed E-state index contributed by atoms with van der Waals surface area (Å²) in [5.74, 6) is -3.87. The van der Waals surface area contributed by atoms with E-state index in [0.29, 0.717) is 17.9 Å². The van der Waals surface area contributed by atoms with Gasteiger partial charge in [0.15, 0.2) is 0 Å². The number of hydrogen-bond donors (Lipinski definition) is 5. The topological polar surface area (TPSA) is 145 Å². The Morgan fingerprint density at radius 3 is 1.73 bits per heavy atom. The number of carboxylic acid groups (broad SMARTS) is 2. The van der Waals surface area contributed by atoms with Crippen molar-refractivity contribution in [3.8, 4) is 0 Å². The molecule has 2 amide bonds. The number of carboxylic acids is 2. The minimum atomic E-state index is -1.82. The van der Waals surface area contributed by atoms with Gasteiger partial charge in [-0.2, -0.15) is 0 Å². The number of carbonyl (C=O) groups is 4. The standard InChI is InChI=1S/C19H23N3O2.C2H2O4/c1-13-4-6-16(7-5-13)12-20-14(2)19(24)22-18-10-8-17(9-11-18)21-15(3)23;3-1(4)2(5)6/h4-11,14,20H,12H2,1-3H3,(H,21,23)(H,22,24);(H,3,4)(H,5,6). The number of benzene rings is 2. The third-order valence-electron chi connectivity index (χ3n) is 3.78. The third-order valence-corrected chi connectivity index (χ3v) is 3.78. The number of hydrogen-bond acceptors (Lipinski definition) is 5. The first-order valence-electron chi connectivity index (χ1n) is 9.02. The lowest BCUT2D eigenvalue weighted by molar-refractivity contribution is -0.159. The molecule has 2 rings (SSSR count). The van der Waals surface area contributed by atoms with E-state index in [0.717, 1.165) is 5.56 Å². The maximum absolute atomic E-state index is 12.2. The Bertz CT molecular complexity index is 867. The Morgan fingerprint density at radius 1 is 0.833 bits per heavy atom. The van der Waals surface area contributed by atoms with E-state index < -0.39 is 11.9 Å². The van der Waals surface area contributed by atoms with Crippen molar-refractivity contribution in [2.45, 2.75) is 33.4 Å². The predicted octanol–water partition coefficient (Wildman–Crippen LogP) is 2.23. The second kappa shape index (κ2) is 12.0. The van der Waals surface area contributed by atoms with Crippen LogP contribution in [0.15, 0.2) is 48.5 Å². The van der Waals surface area contributed by atoms with Gasteiger partial charge < -0.3 is 26.2 Å². The van der Waals surface area contributed by atoms with E-state index in [1.165, 1.54) is 12.5 Å². The summed E-state index contributed by atoms with van der Waals surface area (Å²) in [5.41, 5.74) is 3.75. The van der Waals surface area contributed by atoms with Crippen LogP contribution in [-0.4, -0.2) is 40.0 Å². The van der Waals surface area contributed by atoms with Crippen molar-refractivity contribution in [3.05, 3.63) is 59.7 Å². The number of rotatable bonds is 6. The van der Waals surface area contributed by atoms with Gasteiger partial charge in [-0.05, 0) is 43.7 Å². The predicted molar refractivity (Wildman–Crippen MR) is 112 cm³/mol. The normalized spacial score (nSPS) is 10.8. The lowest BCUT2D eigenvalue weighted by atomic mass is 10.1. The summed E-state index contributed by atoms with van der Waals surface area (Å²) < 4.78 is 0. The molecule has 0 aliphatic carbocycles. The molecule has 0 aromatic heterocycles. The van der Waals surface area contributed by atoms with Gasteiger partial charge in [0.1, 0.15) is 0 Å². The first kappa shape index (κ1) is 24.3. The van der Waals surface area contributed by atoms with Crippen LogP contribution in [0.5, 0.6) is 0 Å². The quantitative estimate of drug-likeness (QED) is 0.455. The Morgan fingerprint density at radius 2 is 1.30 bits per heavy atom. The highest BCUT2D eigenvalue weighted by Gasteiger charge is 2.12. The summed E-state index contributed by atoms with van der Waals surface area (Å²) in [7, 11) is 0. The molecule has 9 nitrogen and oxygen atoms in total. The number of amides is 2. The molecule has 5 N–H and O–H groups in total. The molecule has 30 heavy (non-hydrogen) atoms. The maximum Gasteiger partial charge on any atom is 0.414 e. The molecule has 0 radical (unpaired) electrons. The van der Waals surface area contributed by atoms with Crippen molar-refractivity contribution in [3.63, 3.8) is 0 Å². The van der Waals surface area contributed by atoms with Gasteiger partial charge in [-0.25, -0.2) is 9.59 Å². The lowest BCUT2D eigenvalue weighted by Crippen LogP contribution is -2.37. The van der Waals surface area contributed by atoms with Crippen LogP contribution in [0.25, 0.3) is 0 Å². The first-order chi connectivity index (χ1) is 14.1. The van der Waals surface area contributed by atoms with Gasteiger partial charge in [-0.1, -0.05) is 29.8 Å². The maximum atomic E-state index is 12.2. The van der Waals surface area contributed by atoms with Gasteiger partial charge in [0.05, 0.1) is 6.04 Å². The number of nitrogens with one attached hydrogen (secondary N) is 3. The molecular formula is C21H25N3O6. The molecule has 0 heterocycles. The van der Waals surface area contributed by atoms with Crippen LogP contribution in [0.4, 0.5) is 11.4 Å². The van der Waals surface area contributed by atoms with Gasteiger partial charge in [-0.15, -0.1) is 0 Å². The molecule has 0 saturated heterocycles. The number of carbonyl (C=O) groups excluding carboxylic acids is 2. The van der Waals surface area contributed by atoms with E-state index in [4.69, 9.17) is 19.8 Å². The Hall–Kier alpha value is -3.72. The smallest absolute Gasteiger partial charge is 0.414 e. The summed E-state index contributed by atoms with van der Waals surface area (Å²) in [6.07, 6.45) is 0. The Labute approximate surface area is 174 Å². The second-order valence-electron chi connectivity index (χ2n) is 6.45. The molecule has 0 bridgehead atoms. The van der Waals surface area contributed by atoms with E-state index in [2.05, 4.69) is 28.1 Å². The van der Waals surface area contributed by atoms with Crippen molar-refractivity contribution < 1.29 is 29.4 Å². The fraction of sp³-hybridized carbons (Fsp3) is 0.238. The summed E-state index contributed by atoms with van der Waals surface area (Å²) >= 11 is 0. The van der Waals surface area contributed by atoms with Crippen molar-refractivity contribution >= 4 is 35.1 Å². The second-order valence-corrected chi connectivity index (χ2v) is 6.45. The average molecular weight is 415 g/mol. The van der Waals surface area contributed by atoms with E-state index in [-0.39, 0.29) is 17.9 Å². The van der Waals surface area contributed by atoms with Gasteiger partial charge in [0.25, 0.3) is 0 Å². The van der Waals surface area contributed by atoms with E-state index in [1.807, 2.05) is 26.0 Å². The molecule has 2 aromatic carbocycles. The monoisotopic (exact) mass is 415 g/mol. The molecule has 0 saturated carbocycles. The molecule has 1 atom stereocenters. The molecule has 160 valence electrons. The summed E-state index contributed by atoms with van der Waals surface area (Å²) in [4.78, 5) is 41.4. The highest BCUT2D eigenvalue weighted by Crippen LogP contribution is 2.13. The van der Waals surface area contributed by atoms with Gasteiger partial charge >= 0.3 is 11.9 Å².